The van der Waals surface area contributed by atoms with Gasteiger partial charge in [0.1, 0.15) is 0 Å². The predicted molar refractivity (Wildman–Crippen MR) is 70.3 cm³/mol. The van der Waals surface area contributed by atoms with Gasteiger partial charge in [-0.15, -0.1) is 0 Å². The van der Waals surface area contributed by atoms with E-state index in [4.69, 9.17) is 5.73 Å². The molecule has 0 bridgehead atoms. The van der Waals surface area contributed by atoms with E-state index in [0.29, 0.717) is 5.75 Å². The molecule has 98 valence electrons. The molecule has 0 fully saturated rings. The summed E-state index contributed by atoms with van der Waals surface area (Å²) in [6.45, 7) is 4.12. The second-order valence-electron chi connectivity index (χ2n) is 4.53. The summed E-state index contributed by atoms with van der Waals surface area (Å²) in [4.78, 5) is 0. The zero-order valence-electron chi connectivity index (χ0n) is 10.7. The summed E-state index contributed by atoms with van der Waals surface area (Å²) in [5.74, 6) is 0.305. The predicted octanol–water partition coefficient (Wildman–Crippen LogP) is 2.50. The molecule has 4 heteroatoms. The van der Waals surface area contributed by atoms with Gasteiger partial charge in [-0.25, -0.2) is 8.42 Å². The van der Waals surface area contributed by atoms with Gasteiger partial charge < -0.3 is 5.73 Å². The van der Waals surface area contributed by atoms with Crippen molar-refractivity contribution in [3.63, 3.8) is 0 Å². The Balaban J connectivity index is 3.51. The van der Waals surface area contributed by atoms with Crippen molar-refractivity contribution in [3.05, 3.63) is 0 Å². The first-order valence-corrected chi connectivity index (χ1v) is 8.17. The number of hydrogen-bond acceptors (Lipinski definition) is 3. The van der Waals surface area contributed by atoms with Crippen LogP contribution < -0.4 is 5.73 Å². The molecule has 0 rings (SSSR count). The number of hydrogen-bond donors (Lipinski definition) is 1. The molecule has 0 aliphatic rings. The summed E-state index contributed by atoms with van der Waals surface area (Å²) in [6, 6.07) is 0. The summed E-state index contributed by atoms with van der Waals surface area (Å²) < 4.78 is 23.2. The lowest BCUT2D eigenvalue weighted by molar-refractivity contribution is 0.570. The highest BCUT2D eigenvalue weighted by atomic mass is 32.2. The van der Waals surface area contributed by atoms with Crippen LogP contribution in [0.15, 0.2) is 0 Å². The van der Waals surface area contributed by atoms with Gasteiger partial charge in [0, 0.05) is 6.54 Å². The van der Waals surface area contributed by atoms with Crippen molar-refractivity contribution in [2.75, 3.05) is 12.3 Å². The van der Waals surface area contributed by atoms with Crippen LogP contribution in [0, 0.1) is 0 Å². The Kier molecular flexibility index (Phi) is 8.94. The second-order valence-corrected chi connectivity index (χ2v) is 7.07. The minimum absolute atomic E-state index is 0.235. The molecule has 0 saturated heterocycles. The van der Waals surface area contributed by atoms with Gasteiger partial charge in [-0.3, -0.25) is 0 Å². The molecule has 0 aliphatic carbocycles. The van der Waals surface area contributed by atoms with Gasteiger partial charge in [-0.2, -0.15) is 0 Å². The van der Waals surface area contributed by atoms with Crippen LogP contribution in [-0.2, 0) is 9.84 Å². The van der Waals surface area contributed by atoms with Gasteiger partial charge >= 0.3 is 0 Å². The molecule has 0 radical (unpaired) electrons. The molecule has 1 unspecified atom stereocenters. The maximum atomic E-state index is 11.6. The molecule has 3 nitrogen and oxygen atoms in total. The van der Waals surface area contributed by atoms with E-state index < -0.39 is 9.84 Å². The highest BCUT2D eigenvalue weighted by Gasteiger charge is 2.18. The molecule has 0 amide bonds. The summed E-state index contributed by atoms with van der Waals surface area (Å²) in [5, 5.41) is -0.382. The molecule has 0 aliphatic heterocycles. The van der Waals surface area contributed by atoms with Gasteiger partial charge in [0.25, 0.3) is 0 Å². The van der Waals surface area contributed by atoms with E-state index in [1.165, 1.54) is 25.7 Å². The van der Waals surface area contributed by atoms with Gasteiger partial charge in [-0.05, 0) is 13.3 Å². The molecular weight excluding hydrogens is 222 g/mol. The normalized spacial score (nSPS) is 13.9. The lowest BCUT2D eigenvalue weighted by atomic mass is 10.1. The van der Waals surface area contributed by atoms with Gasteiger partial charge in [0.2, 0.25) is 0 Å². The number of unbranched alkanes of at least 4 members (excludes halogenated alkanes) is 6. The topological polar surface area (TPSA) is 60.2 Å². The Hall–Kier alpha value is -0.0900. The van der Waals surface area contributed by atoms with E-state index in [1.54, 1.807) is 6.92 Å². The first-order chi connectivity index (χ1) is 7.54. The van der Waals surface area contributed by atoms with Crippen molar-refractivity contribution in [1.82, 2.24) is 0 Å². The molecule has 1 atom stereocenters. The highest BCUT2D eigenvalue weighted by molar-refractivity contribution is 7.92. The highest BCUT2D eigenvalue weighted by Crippen LogP contribution is 2.09. The third-order valence-corrected chi connectivity index (χ3v) is 5.25. The van der Waals surface area contributed by atoms with Crippen LogP contribution in [-0.4, -0.2) is 26.0 Å². The van der Waals surface area contributed by atoms with Crippen LogP contribution in [0.3, 0.4) is 0 Å². The van der Waals surface area contributed by atoms with E-state index in [1.807, 2.05) is 0 Å². The largest absolute Gasteiger partial charge is 0.329 e. The molecule has 0 aromatic rings. The monoisotopic (exact) mass is 249 g/mol. The Bertz CT molecular complexity index is 250. The molecule has 0 spiro atoms. The fourth-order valence-corrected chi connectivity index (χ4v) is 2.91. The number of nitrogens with two attached hydrogens (primary N) is 1. The van der Waals surface area contributed by atoms with E-state index >= 15 is 0 Å². The number of rotatable bonds is 10. The molecule has 16 heavy (non-hydrogen) atoms. The van der Waals surface area contributed by atoms with Crippen molar-refractivity contribution < 1.29 is 8.42 Å². The molecule has 0 aromatic heterocycles. The van der Waals surface area contributed by atoms with Crippen molar-refractivity contribution in [2.45, 2.75) is 64.0 Å². The number of sulfone groups is 1. The molecule has 2 N–H and O–H groups in total. The van der Waals surface area contributed by atoms with E-state index in [2.05, 4.69) is 6.92 Å². The van der Waals surface area contributed by atoms with Gasteiger partial charge in [0.05, 0.1) is 11.0 Å². The SMILES string of the molecule is CCCCCCCCCS(=O)(=O)C(C)CN. The van der Waals surface area contributed by atoms with Crippen LogP contribution in [0.1, 0.15) is 58.8 Å². The van der Waals surface area contributed by atoms with Crippen molar-refractivity contribution in [3.8, 4) is 0 Å². The maximum absolute atomic E-state index is 11.6. The van der Waals surface area contributed by atoms with Crippen LogP contribution in [0.4, 0.5) is 0 Å². The molecule has 0 saturated carbocycles. The first-order valence-electron chi connectivity index (χ1n) is 6.46. The Morgan fingerprint density at radius 3 is 2.00 bits per heavy atom. The zero-order chi connectivity index (χ0) is 12.4. The van der Waals surface area contributed by atoms with Crippen molar-refractivity contribution in [1.29, 1.82) is 0 Å². The maximum Gasteiger partial charge on any atom is 0.154 e. The molecule has 0 aromatic carbocycles. The summed E-state index contributed by atoms with van der Waals surface area (Å²) >= 11 is 0. The lowest BCUT2D eigenvalue weighted by Gasteiger charge is -2.09. The van der Waals surface area contributed by atoms with E-state index in [9.17, 15) is 8.42 Å². The van der Waals surface area contributed by atoms with Gasteiger partial charge in [-0.1, -0.05) is 45.4 Å². The standard InChI is InChI=1S/C12H27NO2S/c1-3-4-5-6-7-8-9-10-16(14,15)12(2)11-13/h12H,3-11,13H2,1-2H3. The average molecular weight is 249 g/mol. The third kappa shape index (κ3) is 7.23. The minimum atomic E-state index is -2.93. The summed E-state index contributed by atoms with van der Waals surface area (Å²) in [7, 11) is -2.93. The fraction of sp³-hybridized carbons (Fsp3) is 1.00. The zero-order valence-corrected chi connectivity index (χ0v) is 11.6. The molecular formula is C12H27NO2S. The minimum Gasteiger partial charge on any atom is -0.329 e. The molecule has 0 heterocycles. The third-order valence-electron chi connectivity index (χ3n) is 2.98. The second kappa shape index (κ2) is 8.99. The van der Waals surface area contributed by atoms with Crippen LogP contribution in [0.25, 0.3) is 0 Å². The quantitative estimate of drug-likeness (QED) is 0.605. The average Bonchev–Trinajstić information content (AvgIpc) is 2.26. The summed E-state index contributed by atoms with van der Waals surface area (Å²) in [6.07, 6.45) is 8.04. The van der Waals surface area contributed by atoms with E-state index in [-0.39, 0.29) is 11.8 Å². The smallest absolute Gasteiger partial charge is 0.154 e. The van der Waals surface area contributed by atoms with E-state index in [0.717, 1.165) is 19.3 Å². The first kappa shape index (κ1) is 15.9. The Morgan fingerprint density at radius 2 is 1.50 bits per heavy atom. The summed E-state index contributed by atoms with van der Waals surface area (Å²) in [5.41, 5.74) is 5.36. The van der Waals surface area contributed by atoms with Crippen LogP contribution in [0.5, 0.6) is 0 Å². The Labute approximate surface area is 101 Å². The van der Waals surface area contributed by atoms with Crippen molar-refractivity contribution in [2.24, 2.45) is 5.73 Å². The van der Waals surface area contributed by atoms with Gasteiger partial charge in [0.15, 0.2) is 9.84 Å². The van der Waals surface area contributed by atoms with Crippen LogP contribution >= 0.6 is 0 Å². The van der Waals surface area contributed by atoms with Crippen molar-refractivity contribution >= 4 is 9.84 Å². The fourth-order valence-electron chi connectivity index (χ4n) is 1.61. The lowest BCUT2D eigenvalue weighted by Crippen LogP contribution is -2.28. The van der Waals surface area contributed by atoms with Crippen LogP contribution in [0.2, 0.25) is 0 Å². The Morgan fingerprint density at radius 1 is 1.00 bits per heavy atom.